The van der Waals surface area contributed by atoms with Gasteiger partial charge < -0.3 is 20.4 Å². The van der Waals surface area contributed by atoms with Crippen molar-refractivity contribution >= 4 is 12.0 Å². The number of nitrogens with one attached hydrogen (secondary N) is 1. The third-order valence-corrected chi connectivity index (χ3v) is 2.41. The zero-order chi connectivity index (χ0) is 12.3. The van der Waals surface area contributed by atoms with E-state index in [2.05, 4.69) is 11.2 Å². The molecule has 6 nitrogen and oxygen atoms in total. The van der Waals surface area contributed by atoms with E-state index in [1.807, 2.05) is 0 Å². The number of hydrogen-bond acceptors (Lipinski definition) is 3. The Morgan fingerprint density at radius 3 is 2.75 bits per heavy atom. The minimum absolute atomic E-state index is 0.0140. The molecule has 6 heteroatoms. The Morgan fingerprint density at radius 1 is 1.62 bits per heavy atom. The monoisotopic (exact) mass is 226 g/mol. The van der Waals surface area contributed by atoms with Crippen LogP contribution in [0.3, 0.4) is 0 Å². The van der Waals surface area contributed by atoms with Gasteiger partial charge >= 0.3 is 12.0 Å². The molecule has 1 saturated heterocycles. The van der Waals surface area contributed by atoms with Crippen LogP contribution in [-0.2, 0) is 4.79 Å². The molecule has 0 saturated carbocycles. The highest BCUT2D eigenvalue weighted by Crippen LogP contribution is 2.18. The zero-order valence-corrected chi connectivity index (χ0v) is 8.88. The van der Waals surface area contributed by atoms with Crippen LogP contribution >= 0.6 is 0 Å². The average Bonchev–Trinajstić information content (AvgIpc) is 2.60. The molecule has 0 aromatic rings. The molecular formula is C10H14N2O4. The van der Waals surface area contributed by atoms with Gasteiger partial charge in [0.05, 0.1) is 12.1 Å². The maximum Gasteiger partial charge on any atom is 0.326 e. The topological polar surface area (TPSA) is 89.9 Å². The fourth-order valence-electron chi connectivity index (χ4n) is 1.58. The molecule has 3 N–H and O–H groups in total. The summed E-state index contributed by atoms with van der Waals surface area (Å²) in [6.07, 6.45) is 4.34. The van der Waals surface area contributed by atoms with E-state index in [1.54, 1.807) is 6.92 Å². The number of hydrogen-bond donors (Lipinski definition) is 3. The minimum Gasteiger partial charge on any atom is -0.480 e. The number of urea groups is 1. The van der Waals surface area contributed by atoms with Gasteiger partial charge in [-0.05, 0) is 6.92 Å². The summed E-state index contributed by atoms with van der Waals surface area (Å²) in [5.41, 5.74) is 0. The van der Waals surface area contributed by atoms with E-state index < -0.39 is 30.2 Å². The summed E-state index contributed by atoms with van der Waals surface area (Å²) in [4.78, 5) is 23.5. The third-order valence-electron chi connectivity index (χ3n) is 2.41. The van der Waals surface area contributed by atoms with Crippen molar-refractivity contribution in [3.63, 3.8) is 0 Å². The van der Waals surface area contributed by atoms with Crippen LogP contribution in [0.2, 0.25) is 0 Å². The Kier molecular flexibility index (Phi) is 3.74. The van der Waals surface area contributed by atoms with Crippen molar-refractivity contribution < 1.29 is 19.8 Å². The van der Waals surface area contributed by atoms with Crippen LogP contribution in [0, 0.1) is 12.3 Å². The average molecular weight is 226 g/mol. The number of aliphatic carboxylic acids is 1. The molecule has 0 aliphatic carbocycles. The van der Waals surface area contributed by atoms with Crippen LogP contribution in [-0.4, -0.2) is 51.8 Å². The van der Waals surface area contributed by atoms with Crippen molar-refractivity contribution in [2.45, 2.75) is 31.5 Å². The summed E-state index contributed by atoms with van der Waals surface area (Å²) in [7, 11) is 0. The van der Waals surface area contributed by atoms with Crippen LogP contribution in [0.1, 0.15) is 13.3 Å². The lowest BCUT2D eigenvalue weighted by Gasteiger charge is -2.22. The summed E-state index contributed by atoms with van der Waals surface area (Å²) < 4.78 is 0. The van der Waals surface area contributed by atoms with Gasteiger partial charge in [-0.2, -0.15) is 0 Å². The molecule has 1 unspecified atom stereocenters. The molecule has 0 aromatic carbocycles. The van der Waals surface area contributed by atoms with Crippen LogP contribution in [0.15, 0.2) is 0 Å². The zero-order valence-electron chi connectivity index (χ0n) is 8.88. The number of nitrogens with zero attached hydrogens (tertiary/aromatic N) is 1. The Labute approximate surface area is 93.2 Å². The fraction of sp³-hybridized carbons (Fsp3) is 0.600. The lowest BCUT2D eigenvalue weighted by atomic mass is 10.2. The summed E-state index contributed by atoms with van der Waals surface area (Å²) in [5, 5.41) is 20.7. The van der Waals surface area contributed by atoms with Crippen molar-refractivity contribution in [2.75, 3.05) is 6.54 Å². The molecule has 0 spiro atoms. The Balaban J connectivity index is 2.68. The van der Waals surface area contributed by atoms with Crippen molar-refractivity contribution in [2.24, 2.45) is 0 Å². The Hall–Kier alpha value is -1.74. The van der Waals surface area contributed by atoms with E-state index >= 15 is 0 Å². The number of rotatable bonds is 2. The van der Waals surface area contributed by atoms with Crippen LogP contribution in [0.25, 0.3) is 0 Å². The molecule has 16 heavy (non-hydrogen) atoms. The number of carbonyl (C=O) groups is 2. The summed E-state index contributed by atoms with van der Waals surface area (Å²) >= 11 is 0. The summed E-state index contributed by atoms with van der Waals surface area (Å²) in [6.45, 7) is 1.63. The predicted molar refractivity (Wildman–Crippen MR) is 55.6 cm³/mol. The SMILES string of the molecule is C#CC(C)NC(=O)N1C[C@@H](O)C[C@H]1C(=O)O. The number of carboxylic acids is 1. The van der Waals surface area contributed by atoms with Crippen LogP contribution in [0.4, 0.5) is 4.79 Å². The smallest absolute Gasteiger partial charge is 0.326 e. The van der Waals surface area contributed by atoms with Crippen molar-refractivity contribution in [3.05, 3.63) is 0 Å². The number of amides is 2. The van der Waals surface area contributed by atoms with Gasteiger partial charge in [0.25, 0.3) is 0 Å². The van der Waals surface area contributed by atoms with E-state index in [0.717, 1.165) is 4.90 Å². The first kappa shape index (κ1) is 12.3. The Morgan fingerprint density at radius 2 is 2.25 bits per heavy atom. The normalized spacial score (nSPS) is 25.9. The number of carbonyl (C=O) groups excluding carboxylic acids is 1. The van der Waals surface area contributed by atoms with E-state index in [1.165, 1.54) is 0 Å². The summed E-state index contributed by atoms with van der Waals surface area (Å²) in [6, 6.07) is -2.02. The van der Waals surface area contributed by atoms with Gasteiger partial charge in [0, 0.05) is 13.0 Å². The lowest BCUT2D eigenvalue weighted by molar-refractivity contribution is -0.141. The number of likely N-dealkylation sites (tertiary alicyclic amines) is 1. The lowest BCUT2D eigenvalue weighted by Crippen LogP contribution is -2.48. The maximum atomic E-state index is 11.6. The van der Waals surface area contributed by atoms with Gasteiger partial charge in [-0.25, -0.2) is 9.59 Å². The van der Waals surface area contributed by atoms with E-state index in [9.17, 15) is 14.7 Å². The van der Waals surface area contributed by atoms with E-state index in [-0.39, 0.29) is 13.0 Å². The standard InChI is InChI=1S/C10H14N2O4/c1-3-6(2)11-10(16)12-5-7(13)4-8(12)9(14)15/h1,6-8,13H,4-5H2,2H3,(H,11,16)(H,14,15)/t6?,7-,8-/m0/s1. The molecule has 1 heterocycles. The van der Waals surface area contributed by atoms with Crippen molar-refractivity contribution in [3.8, 4) is 12.3 Å². The highest BCUT2D eigenvalue weighted by atomic mass is 16.4. The molecule has 88 valence electrons. The molecule has 0 aromatic heterocycles. The van der Waals surface area contributed by atoms with Gasteiger partial charge in [0.1, 0.15) is 6.04 Å². The van der Waals surface area contributed by atoms with Crippen molar-refractivity contribution in [1.82, 2.24) is 10.2 Å². The minimum atomic E-state index is -1.12. The number of aliphatic hydroxyl groups is 1. The fourth-order valence-corrected chi connectivity index (χ4v) is 1.58. The first-order chi connectivity index (χ1) is 7.45. The van der Waals surface area contributed by atoms with Gasteiger partial charge in [-0.15, -0.1) is 6.42 Å². The molecule has 1 aliphatic heterocycles. The Bertz CT molecular complexity index is 336. The van der Waals surface area contributed by atoms with Gasteiger partial charge in [0.2, 0.25) is 0 Å². The molecule has 0 radical (unpaired) electrons. The highest BCUT2D eigenvalue weighted by Gasteiger charge is 2.39. The van der Waals surface area contributed by atoms with Crippen molar-refractivity contribution in [1.29, 1.82) is 0 Å². The quantitative estimate of drug-likeness (QED) is 0.540. The third kappa shape index (κ3) is 2.64. The van der Waals surface area contributed by atoms with E-state index in [0.29, 0.717) is 0 Å². The number of β-amino-alcohol motifs (C(OH)–C–C–N with tert-alkyl or cyclic N) is 1. The number of aliphatic hydroxyl groups excluding tert-OH is 1. The molecule has 3 atom stereocenters. The van der Waals surface area contributed by atoms with E-state index in [4.69, 9.17) is 11.5 Å². The molecule has 1 rings (SSSR count). The first-order valence-corrected chi connectivity index (χ1v) is 4.89. The number of terminal acetylenes is 1. The second-order valence-corrected chi connectivity index (χ2v) is 3.73. The summed E-state index contributed by atoms with van der Waals surface area (Å²) in [5.74, 6) is 1.18. The van der Waals surface area contributed by atoms with Crippen LogP contribution in [0.5, 0.6) is 0 Å². The van der Waals surface area contributed by atoms with Gasteiger partial charge in [-0.1, -0.05) is 5.92 Å². The van der Waals surface area contributed by atoms with Crippen LogP contribution < -0.4 is 5.32 Å². The number of carboxylic acid groups (broad SMARTS) is 1. The van der Waals surface area contributed by atoms with Gasteiger partial charge in [0.15, 0.2) is 0 Å². The molecule has 2 amide bonds. The molecule has 1 aliphatic rings. The predicted octanol–water partition coefficient (Wildman–Crippen LogP) is -0.762. The maximum absolute atomic E-state index is 11.6. The second kappa shape index (κ2) is 4.86. The van der Waals surface area contributed by atoms with Gasteiger partial charge in [-0.3, -0.25) is 0 Å². The molecule has 0 bridgehead atoms. The largest absolute Gasteiger partial charge is 0.480 e. The second-order valence-electron chi connectivity index (χ2n) is 3.73. The first-order valence-electron chi connectivity index (χ1n) is 4.89. The molecular weight excluding hydrogens is 212 g/mol. The molecule has 1 fully saturated rings. The highest BCUT2D eigenvalue weighted by molar-refractivity contribution is 5.83.